The molecule has 14 heavy (non-hydrogen) atoms. The lowest BCUT2D eigenvalue weighted by Crippen LogP contribution is -2.36. The van der Waals surface area contributed by atoms with E-state index in [2.05, 4.69) is 17.1 Å². The van der Waals surface area contributed by atoms with E-state index < -0.39 is 0 Å². The van der Waals surface area contributed by atoms with Crippen LogP contribution in [0.3, 0.4) is 0 Å². The minimum Gasteiger partial charge on any atom is -0.325 e. The average molecular weight is 190 g/mol. The van der Waals surface area contributed by atoms with E-state index in [4.69, 9.17) is 5.73 Å². The predicted molar refractivity (Wildman–Crippen MR) is 57.9 cm³/mol. The average Bonchev–Trinajstić information content (AvgIpc) is 2.65. The van der Waals surface area contributed by atoms with Crippen LogP contribution in [0.5, 0.6) is 0 Å². The Kier molecular flexibility index (Phi) is 2.82. The molecule has 76 valence electrons. The minimum absolute atomic E-state index is 0.128. The zero-order chi connectivity index (χ0) is 9.86. The molecule has 0 bridgehead atoms. The van der Waals surface area contributed by atoms with Crippen molar-refractivity contribution in [2.45, 2.75) is 44.1 Å². The first-order valence-corrected chi connectivity index (χ1v) is 5.46. The molecule has 0 unspecified atom stereocenters. The van der Waals surface area contributed by atoms with Gasteiger partial charge in [0.2, 0.25) is 0 Å². The van der Waals surface area contributed by atoms with Crippen LogP contribution in [0.1, 0.15) is 37.7 Å². The number of aryl methyl sites for hydroxylation is 1. The molecule has 0 aliphatic heterocycles. The topological polar surface area (TPSA) is 38.9 Å². The maximum absolute atomic E-state index is 6.29. The second-order valence-corrected chi connectivity index (χ2v) is 4.42. The van der Waals surface area contributed by atoms with Crippen LogP contribution in [0.4, 0.5) is 0 Å². The van der Waals surface area contributed by atoms with Crippen molar-refractivity contribution in [3.63, 3.8) is 0 Å². The summed E-state index contributed by atoms with van der Waals surface area (Å²) >= 11 is 0. The van der Waals surface area contributed by atoms with E-state index in [-0.39, 0.29) is 5.54 Å². The molecule has 1 aromatic heterocycles. The molecule has 0 saturated heterocycles. The van der Waals surface area contributed by atoms with Crippen LogP contribution >= 0.6 is 0 Å². The van der Waals surface area contributed by atoms with E-state index in [0.29, 0.717) is 0 Å². The van der Waals surface area contributed by atoms with E-state index in [9.17, 15) is 0 Å². The van der Waals surface area contributed by atoms with E-state index in [1.54, 1.807) is 0 Å². The summed E-state index contributed by atoms with van der Waals surface area (Å²) in [6.07, 6.45) is 11.0. The Hall–Kier alpha value is -0.890. The molecule has 1 aliphatic carbocycles. The molecule has 2 heteroatoms. The number of rotatable bonds is 3. The van der Waals surface area contributed by atoms with Crippen LogP contribution in [0.2, 0.25) is 0 Å². The number of aromatic nitrogens is 1. The van der Waals surface area contributed by atoms with Crippen molar-refractivity contribution in [1.29, 1.82) is 0 Å². The number of nitrogens with two attached hydrogens (primary N) is 1. The van der Waals surface area contributed by atoms with Crippen LogP contribution < -0.4 is 5.73 Å². The number of nitrogens with zero attached hydrogens (tertiary/aromatic N) is 1. The molecule has 0 amide bonds. The van der Waals surface area contributed by atoms with Crippen molar-refractivity contribution in [3.8, 4) is 0 Å². The van der Waals surface area contributed by atoms with E-state index >= 15 is 0 Å². The fourth-order valence-corrected chi connectivity index (χ4v) is 2.27. The van der Waals surface area contributed by atoms with Gasteiger partial charge in [0, 0.05) is 17.9 Å². The lowest BCUT2D eigenvalue weighted by Gasteiger charge is -2.23. The Bertz CT molecular complexity index is 276. The summed E-state index contributed by atoms with van der Waals surface area (Å²) in [5.74, 6) is 0. The molecule has 0 spiro atoms. The van der Waals surface area contributed by atoms with Gasteiger partial charge in [-0.25, -0.2) is 0 Å². The van der Waals surface area contributed by atoms with Gasteiger partial charge in [-0.15, -0.1) is 0 Å². The Balaban J connectivity index is 1.88. The summed E-state index contributed by atoms with van der Waals surface area (Å²) in [7, 11) is 0. The summed E-state index contributed by atoms with van der Waals surface area (Å²) < 4.78 is 0. The summed E-state index contributed by atoms with van der Waals surface area (Å²) in [5.41, 5.74) is 7.78. The van der Waals surface area contributed by atoms with Crippen molar-refractivity contribution in [2.75, 3.05) is 0 Å². The second-order valence-electron chi connectivity index (χ2n) is 4.42. The van der Waals surface area contributed by atoms with Crippen LogP contribution in [0.25, 0.3) is 0 Å². The molecule has 2 nitrogen and oxygen atoms in total. The van der Waals surface area contributed by atoms with Gasteiger partial charge >= 0.3 is 0 Å². The molecule has 0 aromatic carbocycles. The first-order valence-electron chi connectivity index (χ1n) is 5.46. The summed E-state index contributed by atoms with van der Waals surface area (Å²) in [5, 5.41) is 0. The predicted octanol–water partition coefficient (Wildman–Crippen LogP) is 2.29. The maximum Gasteiger partial charge on any atom is 0.0270 e. The molecule has 1 fully saturated rings. The fraction of sp³-hybridized carbons (Fsp3) is 0.583. The highest BCUT2D eigenvalue weighted by Gasteiger charge is 2.28. The van der Waals surface area contributed by atoms with Crippen LogP contribution in [0, 0.1) is 0 Å². The normalized spacial score (nSPS) is 19.8. The van der Waals surface area contributed by atoms with E-state index in [1.165, 1.54) is 31.2 Å². The zero-order valence-corrected chi connectivity index (χ0v) is 8.58. The third-order valence-corrected chi connectivity index (χ3v) is 3.26. The first-order chi connectivity index (χ1) is 6.79. The standard InChI is InChI=1S/C12H18N2/c13-12(6-1-2-7-12)8-3-11-4-9-14-10-5-11/h4-5,9-10H,1-3,6-8,13H2. The number of hydrogen-bond donors (Lipinski definition) is 1. The van der Waals surface area contributed by atoms with Gasteiger partial charge in [0.1, 0.15) is 0 Å². The molecule has 1 aromatic rings. The fourth-order valence-electron chi connectivity index (χ4n) is 2.27. The summed E-state index contributed by atoms with van der Waals surface area (Å²) in [6, 6.07) is 4.16. The van der Waals surface area contributed by atoms with Crippen molar-refractivity contribution < 1.29 is 0 Å². The number of hydrogen-bond acceptors (Lipinski definition) is 2. The van der Waals surface area contributed by atoms with E-state index in [0.717, 1.165) is 12.8 Å². The van der Waals surface area contributed by atoms with Gasteiger partial charge in [0.15, 0.2) is 0 Å². The summed E-state index contributed by atoms with van der Waals surface area (Å²) in [6.45, 7) is 0. The largest absolute Gasteiger partial charge is 0.325 e. The highest BCUT2D eigenvalue weighted by Crippen LogP contribution is 2.30. The summed E-state index contributed by atoms with van der Waals surface area (Å²) in [4.78, 5) is 4.01. The van der Waals surface area contributed by atoms with Gasteiger partial charge in [-0.3, -0.25) is 4.98 Å². The minimum atomic E-state index is 0.128. The molecule has 2 N–H and O–H groups in total. The van der Waals surface area contributed by atoms with Crippen LogP contribution in [0.15, 0.2) is 24.5 Å². The smallest absolute Gasteiger partial charge is 0.0270 e. The first kappa shape index (κ1) is 9.66. The Morgan fingerprint density at radius 2 is 1.86 bits per heavy atom. The molecule has 2 rings (SSSR count). The van der Waals surface area contributed by atoms with Gasteiger partial charge in [-0.1, -0.05) is 12.8 Å². The molecule has 1 heterocycles. The van der Waals surface area contributed by atoms with Crippen LogP contribution in [-0.4, -0.2) is 10.5 Å². The van der Waals surface area contributed by atoms with Crippen LogP contribution in [-0.2, 0) is 6.42 Å². The van der Waals surface area contributed by atoms with Gasteiger partial charge in [0.25, 0.3) is 0 Å². The van der Waals surface area contributed by atoms with Crippen molar-refractivity contribution in [2.24, 2.45) is 5.73 Å². The highest BCUT2D eigenvalue weighted by atomic mass is 14.7. The van der Waals surface area contributed by atoms with Gasteiger partial charge in [-0.2, -0.15) is 0 Å². The molecular formula is C12H18N2. The lowest BCUT2D eigenvalue weighted by atomic mass is 9.91. The third-order valence-electron chi connectivity index (χ3n) is 3.26. The SMILES string of the molecule is NC1(CCc2ccncc2)CCCC1. The lowest BCUT2D eigenvalue weighted by molar-refractivity contribution is 0.406. The molecular weight excluding hydrogens is 172 g/mol. The molecule has 1 saturated carbocycles. The van der Waals surface area contributed by atoms with Gasteiger partial charge in [-0.05, 0) is 43.4 Å². The molecule has 1 aliphatic rings. The Labute approximate surface area is 85.5 Å². The Morgan fingerprint density at radius 1 is 1.21 bits per heavy atom. The molecule has 0 radical (unpaired) electrons. The third kappa shape index (κ3) is 2.32. The van der Waals surface area contributed by atoms with Gasteiger partial charge < -0.3 is 5.73 Å². The monoisotopic (exact) mass is 190 g/mol. The van der Waals surface area contributed by atoms with Crippen molar-refractivity contribution in [1.82, 2.24) is 4.98 Å². The highest BCUT2D eigenvalue weighted by molar-refractivity contribution is 5.10. The molecule has 0 atom stereocenters. The van der Waals surface area contributed by atoms with Crippen molar-refractivity contribution in [3.05, 3.63) is 30.1 Å². The van der Waals surface area contributed by atoms with E-state index in [1.807, 2.05) is 12.4 Å². The zero-order valence-electron chi connectivity index (χ0n) is 8.58. The maximum atomic E-state index is 6.29. The Morgan fingerprint density at radius 3 is 2.50 bits per heavy atom. The quantitative estimate of drug-likeness (QED) is 0.794. The van der Waals surface area contributed by atoms with Gasteiger partial charge in [0.05, 0.1) is 0 Å². The van der Waals surface area contributed by atoms with Crippen molar-refractivity contribution >= 4 is 0 Å². The number of pyridine rings is 1. The second kappa shape index (κ2) is 4.09.